The molecule has 0 N–H and O–H groups in total. The van der Waals surface area contributed by atoms with Gasteiger partial charge in [0.15, 0.2) is 0 Å². The lowest BCUT2D eigenvalue weighted by molar-refractivity contribution is 0.301. The summed E-state index contributed by atoms with van der Waals surface area (Å²) in [5.41, 5.74) is 3.47. The molecular formula is C20H23N3O. The molecule has 0 amide bonds. The van der Waals surface area contributed by atoms with E-state index in [2.05, 4.69) is 55.3 Å². The van der Waals surface area contributed by atoms with E-state index in [1.54, 1.807) is 0 Å². The van der Waals surface area contributed by atoms with Crippen molar-refractivity contribution in [2.75, 3.05) is 0 Å². The normalized spacial score (nSPS) is 11.5. The average molecular weight is 321 g/mol. The van der Waals surface area contributed by atoms with Gasteiger partial charge < -0.3 is 4.74 Å². The van der Waals surface area contributed by atoms with Crippen LogP contribution in [0.4, 0.5) is 0 Å². The van der Waals surface area contributed by atoms with Crippen LogP contribution >= 0.6 is 0 Å². The lowest BCUT2D eigenvalue weighted by atomic mass is 9.87. The number of aromatic nitrogens is 3. The summed E-state index contributed by atoms with van der Waals surface area (Å²) in [5, 5.41) is 8.33. The first-order valence-electron chi connectivity index (χ1n) is 8.17. The van der Waals surface area contributed by atoms with E-state index < -0.39 is 0 Å². The van der Waals surface area contributed by atoms with Crippen molar-refractivity contribution in [2.24, 2.45) is 0 Å². The predicted octanol–water partition coefficient (Wildman–Crippen LogP) is 4.20. The molecule has 0 aliphatic carbocycles. The summed E-state index contributed by atoms with van der Waals surface area (Å²) < 4.78 is 7.64. The molecule has 4 nitrogen and oxygen atoms in total. The molecule has 1 aromatic heterocycles. The lowest BCUT2D eigenvalue weighted by Gasteiger charge is -2.19. The van der Waals surface area contributed by atoms with E-state index in [0.29, 0.717) is 13.2 Å². The third kappa shape index (κ3) is 4.22. The third-order valence-corrected chi connectivity index (χ3v) is 3.88. The van der Waals surface area contributed by atoms with Crippen LogP contribution in [0, 0.1) is 0 Å². The van der Waals surface area contributed by atoms with Gasteiger partial charge in [-0.2, -0.15) is 0 Å². The van der Waals surface area contributed by atoms with Crippen molar-refractivity contribution in [3.63, 3.8) is 0 Å². The van der Waals surface area contributed by atoms with Gasteiger partial charge >= 0.3 is 0 Å². The minimum atomic E-state index is 0.151. The second-order valence-electron chi connectivity index (χ2n) is 6.96. The summed E-state index contributed by atoms with van der Waals surface area (Å²) in [5.74, 6) is 0.848. The Labute approximate surface area is 143 Å². The first kappa shape index (κ1) is 16.2. The first-order chi connectivity index (χ1) is 11.5. The average Bonchev–Trinajstić information content (AvgIpc) is 3.01. The van der Waals surface area contributed by atoms with Gasteiger partial charge in [-0.15, -0.1) is 5.10 Å². The van der Waals surface area contributed by atoms with Gasteiger partial charge in [0.05, 0.1) is 12.7 Å². The molecule has 0 atom stereocenters. The Morgan fingerprint density at radius 1 is 0.958 bits per heavy atom. The van der Waals surface area contributed by atoms with Gasteiger partial charge in [0.25, 0.3) is 0 Å². The minimum absolute atomic E-state index is 0.151. The minimum Gasteiger partial charge on any atom is -0.487 e. The number of hydrogen-bond donors (Lipinski definition) is 0. The molecule has 3 rings (SSSR count). The van der Waals surface area contributed by atoms with Crippen LogP contribution in [0.15, 0.2) is 60.8 Å². The Balaban J connectivity index is 1.57. The van der Waals surface area contributed by atoms with Crippen LogP contribution in [-0.2, 0) is 18.6 Å². The monoisotopic (exact) mass is 321 g/mol. The van der Waals surface area contributed by atoms with Crippen molar-refractivity contribution in [3.05, 3.63) is 77.6 Å². The molecule has 0 fully saturated rings. The first-order valence-corrected chi connectivity index (χ1v) is 8.17. The maximum atomic E-state index is 5.81. The van der Waals surface area contributed by atoms with Crippen LogP contribution in [-0.4, -0.2) is 15.0 Å². The highest BCUT2D eigenvalue weighted by Gasteiger charge is 2.13. The van der Waals surface area contributed by atoms with Gasteiger partial charge in [-0.05, 0) is 28.7 Å². The zero-order valence-corrected chi connectivity index (χ0v) is 14.4. The molecule has 2 aromatic carbocycles. The van der Waals surface area contributed by atoms with Crippen molar-refractivity contribution < 1.29 is 4.74 Å². The van der Waals surface area contributed by atoms with Gasteiger partial charge in [0.1, 0.15) is 18.1 Å². The van der Waals surface area contributed by atoms with Gasteiger partial charge in [-0.25, -0.2) is 4.68 Å². The van der Waals surface area contributed by atoms with E-state index in [-0.39, 0.29) is 5.41 Å². The van der Waals surface area contributed by atoms with Crippen LogP contribution in [0.25, 0.3) is 0 Å². The van der Waals surface area contributed by atoms with Gasteiger partial charge in [-0.3, -0.25) is 0 Å². The van der Waals surface area contributed by atoms with Crippen LogP contribution < -0.4 is 4.74 Å². The highest BCUT2D eigenvalue weighted by molar-refractivity contribution is 5.31. The van der Waals surface area contributed by atoms with E-state index in [1.807, 2.05) is 41.2 Å². The van der Waals surface area contributed by atoms with E-state index in [1.165, 1.54) is 11.1 Å². The molecule has 0 spiro atoms. The largest absolute Gasteiger partial charge is 0.487 e. The summed E-state index contributed by atoms with van der Waals surface area (Å²) in [6.45, 7) is 7.74. The van der Waals surface area contributed by atoms with Gasteiger partial charge in [0, 0.05) is 0 Å². The van der Waals surface area contributed by atoms with Crippen LogP contribution in [0.1, 0.15) is 37.6 Å². The fourth-order valence-corrected chi connectivity index (χ4v) is 2.46. The molecule has 0 saturated carbocycles. The number of nitrogens with zero attached hydrogens (tertiary/aromatic N) is 3. The molecule has 4 heteroatoms. The Morgan fingerprint density at radius 2 is 1.67 bits per heavy atom. The molecule has 1 heterocycles. The molecule has 24 heavy (non-hydrogen) atoms. The highest BCUT2D eigenvalue weighted by atomic mass is 16.5. The Bertz CT molecular complexity index is 771. The molecule has 0 bridgehead atoms. The van der Waals surface area contributed by atoms with Crippen molar-refractivity contribution >= 4 is 0 Å². The summed E-state index contributed by atoms with van der Waals surface area (Å²) in [7, 11) is 0. The SMILES string of the molecule is CC(C)(C)c1ccc(OCc2cn(Cc3ccccc3)nn2)cc1. The fourth-order valence-electron chi connectivity index (χ4n) is 2.46. The maximum absolute atomic E-state index is 5.81. The van der Waals surface area contributed by atoms with Gasteiger partial charge in [0.2, 0.25) is 0 Å². The third-order valence-electron chi connectivity index (χ3n) is 3.88. The molecule has 124 valence electrons. The van der Waals surface area contributed by atoms with E-state index in [9.17, 15) is 0 Å². The number of rotatable bonds is 5. The number of benzene rings is 2. The maximum Gasteiger partial charge on any atom is 0.134 e. The molecule has 0 unspecified atom stereocenters. The van der Waals surface area contributed by atoms with Crippen LogP contribution in [0.5, 0.6) is 5.75 Å². The molecule has 0 saturated heterocycles. The molecule has 0 radical (unpaired) electrons. The summed E-state index contributed by atoms with van der Waals surface area (Å²) >= 11 is 0. The summed E-state index contributed by atoms with van der Waals surface area (Å²) in [6.07, 6.45) is 1.93. The molecular weight excluding hydrogens is 298 g/mol. The van der Waals surface area contributed by atoms with Crippen LogP contribution in [0.3, 0.4) is 0 Å². The highest BCUT2D eigenvalue weighted by Crippen LogP contribution is 2.24. The van der Waals surface area contributed by atoms with Crippen molar-refractivity contribution in [1.29, 1.82) is 0 Å². The van der Waals surface area contributed by atoms with Crippen molar-refractivity contribution in [1.82, 2.24) is 15.0 Å². The van der Waals surface area contributed by atoms with E-state index >= 15 is 0 Å². The van der Waals surface area contributed by atoms with Gasteiger partial charge in [-0.1, -0.05) is 68.4 Å². The van der Waals surface area contributed by atoms with E-state index in [0.717, 1.165) is 11.4 Å². The zero-order chi connectivity index (χ0) is 17.0. The smallest absolute Gasteiger partial charge is 0.134 e. The fraction of sp³-hybridized carbons (Fsp3) is 0.300. The Kier molecular flexibility index (Phi) is 4.65. The quantitative estimate of drug-likeness (QED) is 0.707. The predicted molar refractivity (Wildman–Crippen MR) is 95.0 cm³/mol. The van der Waals surface area contributed by atoms with E-state index in [4.69, 9.17) is 4.74 Å². The topological polar surface area (TPSA) is 39.9 Å². The van der Waals surface area contributed by atoms with Crippen LogP contribution in [0.2, 0.25) is 0 Å². The zero-order valence-electron chi connectivity index (χ0n) is 14.4. The summed E-state index contributed by atoms with van der Waals surface area (Å²) in [4.78, 5) is 0. The Morgan fingerprint density at radius 3 is 2.33 bits per heavy atom. The Hall–Kier alpha value is -2.62. The van der Waals surface area contributed by atoms with Crippen molar-refractivity contribution in [3.8, 4) is 5.75 Å². The number of ether oxygens (including phenoxy) is 1. The number of hydrogen-bond acceptors (Lipinski definition) is 3. The molecule has 3 aromatic rings. The van der Waals surface area contributed by atoms with Crippen molar-refractivity contribution in [2.45, 2.75) is 39.3 Å². The molecule has 0 aliphatic rings. The standard InChI is InChI=1S/C20H23N3O/c1-20(2,3)17-9-11-19(12-10-17)24-15-18-14-23(22-21-18)13-16-7-5-4-6-8-16/h4-12,14H,13,15H2,1-3H3. The second kappa shape index (κ2) is 6.87. The summed E-state index contributed by atoms with van der Waals surface area (Å²) in [6, 6.07) is 18.5. The molecule has 0 aliphatic heterocycles. The lowest BCUT2D eigenvalue weighted by Crippen LogP contribution is -2.10. The second-order valence-corrected chi connectivity index (χ2v) is 6.96.